The lowest BCUT2D eigenvalue weighted by atomic mass is 9.99. The van der Waals surface area contributed by atoms with Crippen molar-refractivity contribution in [2.24, 2.45) is 0 Å². The Morgan fingerprint density at radius 2 is 1.94 bits per heavy atom. The van der Waals surface area contributed by atoms with Crippen LogP contribution in [-0.4, -0.2) is 15.8 Å². The molecular formula is C13H20N2O. The van der Waals surface area contributed by atoms with Crippen LogP contribution >= 0.6 is 0 Å². The third-order valence-electron chi connectivity index (χ3n) is 2.68. The molecule has 0 bridgehead atoms. The summed E-state index contributed by atoms with van der Waals surface area (Å²) in [6.07, 6.45) is 0.557. The van der Waals surface area contributed by atoms with Gasteiger partial charge in [0.2, 0.25) is 0 Å². The Labute approximate surface area is 97.3 Å². The molecule has 0 saturated carbocycles. The SMILES string of the molecule is CCC(=O)C(C)c1cc(C)nc(C(C)C)n1. The molecule has 0 fully saturated rings. The molecule has 1 aromatic heterocycles. The van der Waals surface area contributed by atoms with Crippen molar-refractivity contribution in [3.05, 3.63) is 23.3 Å². The van der Waals surface area contributed by atoms with E-state index in [0.29, 0.717) is 12.3 Å². The van der Waals surface area contributed by atoms with E-state index in [0.717, 1.165) is 17.2 Å². The van der Waals surface area contributed by atoms with E-state index in [9.17, 15) is 4.79 Å². The Balaban J connectivity index is 3.09. The summed E-state index contributed by atoms with van der Waals surface area (Å²) in [6, 6.07) is 1.91. The fraction of sp³-hybridized carbons (Fsp3) is 0.615. The minimum absolute atomic E-state index is 0.121. The first kappa shape index (κ1) is 12.8. The van der Waals surface area contributed by atoms with Gasteiger partial charge in [-0.2, -0.15) is 0 Å². The maximum absolute atomic E-state index is 11.6. The fourth-order valence-corrected chi connectivity index (χ4v) is 1.57. The largest absolute Gasteiger partial charge is 0.299 e. The van der Waals surface area contributed by atoms with Gasteiger partial charge in [0.1, 0.15) is 11.6 Å². The second-order valence-electron chi connectivity index (χ2n) is 4.49. The maximum Gasteiger partial charge on any atom is 0.141 e. The van der Waals surface area contributed by atoms with Crippen molar-refractivity contribution in [2.45, 2.75) is 52.9 Å². The number of carbonyl (C=O) groups is 1. The number of aromatic nitrogens is 2. The molecule has 0 aliphatic rings. The molecule has 1 rings (SSSR count). The molecule has 16 heavy (non-hydrogen) atoms. The molecule has 0 radical (unpaired) electrons. The van der Waals surface area contributed by atoms with Crippen molar-refractivity contribution in [1.29, 1.82) is 0 Å². The number of aryl methyl sites for hydroxylation is 1. The summed E-state index contributed by atoms with van der Waals surface area (Å²) in [5, 5.41) is 0. The van der Waals surface area contributed by atoms with E-state index in [2.05, 4.69) is 23.8 Å². The molecule has 1 aromatic rings. The number of carbonyl (C=O) groups excluding carboxylic acids is 1. The summed E-state index contributed by atoms with van der Waals surface area (Å²) in [5.41, 5.74) is 1.78. The number of hydrogen-bond acceptors (Lipinski definition) is 3. The highest BCUT2D eigenvalue weighted by molar-refractivity contribution is 5.84. The first-order valence-electron chi connectivity index (χ1n) is 5.83. The van der Waals surface area contributed by atoms with Crippen molar-refractivity contribution in [3.63, 3.8) is 0 Å². The maximum atomic E-state index is 11.6. The van der Waals surface area contributed by atoms with Gasteiger partial charge in [-0.3, -0.25) is 4.79 Å². The molecule has 1 heterocycles. The first-order valence-corrected chi connectivity index (χ1v) is 5.83. The quantitative estimate of drug-likeness (QED) is 0.783. The molecule has 1 unspecified atom stereocenters. The zero-order chi connectivity index (χ0) is 12.3. The van der Waals surface area contributed by atoms with Crippen LogP contribution in [0.3, 0.4) is 0 Å². The molecule has 0 aromatic carbocycles. The Bertz CT molecular complexity index is 386. The van der Waals surface area contributed by atoms with Crippen molar-refractivity contribution in [2.75, 3.05) is 0 Å². The zero-order valence-electron chi connectivity index (χ0n) is 10.7. The molecule has 3 heteroatoms. The van der Waals surface area contributed by atoms with Crippen molar-refractivity contribution < 1.29 is 4.79 Å². The van der Waals surface area contributed by atoms with Gasteiger partial charge in [0, 0.05) is 18.0 Å². The second-order valence-corrected chi connectivity index (χ2v) is 4.49. The highest BCUT2D eigenvalue weighted by atomic mass is 16.1. The van der Waals surface area contributed by atoms with Crippen LogP contribution in [0.1, 0.15) is 63.2 Å². The van der Waals surface area contributed by atoms with Crippen molar-refractivity contribution in [1.82, 2.24) is 9.97 Å². The lowest BCUT2D eigenvalue weighted by Gasteiger charge is -2.12. The van der Waals surface area contributed by atoms with Crippen molar-refractivity contribution in [3.8, 4) is 0 Å². The lowest BCUT2D eigenvalue weighted by Crippen LogP contribution is -2.12. The van der Waals surface area contributed by atoms with Gasteiger partial charge in [-0.05, 0) is 19.9 Å². The average Bonchev–Trinajstić information content (AvgIpc) is 2.26. The standard InChI is InChI=1S/C13H20N2O/c1-6-12(16)10(5)11-7-9(4)14-13(15-11)8(2)3/h7-8,10H,6H2,1-5H3. The minimum Gasteiger partial charge on any atom is -0.299 e. The van der Waals surface area contributed by atoms with Gasteiger partial charge in [-0.15, -0.1) is 0 Å². The van der Waals surface area contributed by atoms with Gasteiger partial charge >= 0.3 is 0 Å². The molecular weight excluding hydrogens is 200 g/mol. The fourth-order valence-electron chi connectivity index (χ4n) is 1.57. The van der Waals surface area contributed by atoms with E-state index in [1.807, 2.05) is 26.8 Å². The molecule has 0 spiro atoms. The van der Waals surface area contributed by atoms with E-state index < -0.39 is 0 Å². The number of rotatable bonds is 4. The molecule has 3 nitrogen and oxygen atoms in total. The molecule has 0 N–H and O–H groups in total. The molecule has 1 atom stereocenters. The van der Waals surface area contributed by atoms with Gasteiger partial charge in [-0.1, -0.05) is 20.8 Å². The summed E-state index contributed by atoms with van der Waals surface area (Å²) >= 11 is 0. The van der Waals surface area contributed by atoms with Crippen LogP contribution in [-0.2, 0) is 4.79 Å². The highest BCUT2D eigenvalue weighted by Crippen LogP contribution is 2.19. The van der Waals surface area contributed by atoms with Gasteiger partial charge in [0.25, 0.3) is 0 Å². The molecule has 88 valence electrons. The number of Topliss-reactive ketones (excluding diaryl/α,β-unsaturated/α-hetero) is 1. The average molecular weight is 220 g/mol. The van der Waals surface area contributed by atoms with E-state index >= 15 is 0 Å². The van der Waals surface area contributed by atoms with Gasteiger partial charge in [-0.25, -0.2) is 9.97 Å². The summed E-state index contributed by atoms with van der Waals surface area (Å²) in [7, 11) is 0. The Hall–Kier alpha value is -1.25. The summed E-state index contributed by atoms with van der Waals surface area (Å²) in [5.74, 6) is 1.23. The van der Waals surface area contributed by atoms with Crippen LogP contribution < -0.4 is 0 Å². The summed E-state index contributed by atoms with van der Waals surface area (Å²) < 4.78 is 0. The Morgan fingerprint density at radius 1 is 1.31 bits per heavy atom. The summed E-state index contributed by atoms with van der Waals surface area (Å²) in [6.45, 7) is 9.86. The predicted octanol–water partition coefficient (Wildman–Crippen LogP) is 2.99. The van der Waals surface area contributed by atoms with Gasteiger partial charge in [0.15, 0.2) is 0 Å². The highest BCUT2D eigenvalue weighted by Gasteiger charge is 2.16. The topological polar surface area (TPSA) is 42.9 Å². The second kappa shape index (κ2) is 5.19. The van der Waals surface area contributed by atoms with Crippen LogP contribution in [0.15, 0.2) is 6.07 Å². The Kier molecular flexibility index (Phi) is 4.16. The minimum atomic E-state index is -0.121. The van der Waals surface area contributed by atoms with Crippen LogP contribution in [0.4, 0.5) is 0 Å². The van der Waals surface area contributed by atoms with Crippen LogP contribution in [0.25, 0.3) is 0 Å². The molecule has 0 amide bonds. The third kappa shape index (κ3) is 2.87. The molecule has 0 aliphatic carbocycles. The Morgan fingerprint density at radius 3 is 2.44 bits per heavy atom. The first-order chi connectivity index (χ1) is 7.45. The van der Waals surface area contributed by atoms with E-state index in [1.165, 1.54) is 0 Å². The normalized spacial score (nSPS) is 12.9. The van der Waals surface area contributed by atoms with Crippen molar-refractivity contribution >= 4 is 5.78 Å². The number of ketones is 1. The van der Waals surface area contributed by atoms with E-state index in [1.54, 1.807) is 0 Å². The predicted molar refractivity (Wildman–Crippen MR) is 64.6 cm³/mol. The molecule has 0 saturated heterocycles. The van der Waals surface area contributed by atoms with Crippen LogP contribution in [0.5, 0.6) is 0 Å². The van der Waals surface area contributed by atoms with Crippen LogP contribution in [0.2, 0.25) is 0 Å². The summed E-state index contributed by atoms with van der Waals surface area (Å²) in [4.78, 5) is 20.5. The zero-order valence-corrected chi connectivity index (χ0v) is 10.7. The van der Waals surface area contributed by atoms with E-state index in [4.69, 9.17) is 0 Å². The molecule has 0 aliphatic heterocycles. The van der Waals surface area contributed by atoms with E-state index in [-0.39, 0.29) is 11.7 Å². The van der Waals surface area contributed by atoms with Gasteiger partial charge in [0.05, 0.1) is 11.6 Å². The number of nitrogens with zero attached hydrogens (tertiary/aromatic N) is 2. The third-order valence-corrected chi connectivity index (χ3v) is 2.68. The number of hydrogen-bond donors (Lipinski definition) is 0. The smallest absolute Gasteiger partial charge is 0.141 e. The monoisotopic (exact) mass is 220 g/mol. The van der Waals surface area contributed by atoms with Gasteiger partial charge < -0.3 is 0 Å². The lowest BCUT2D eigenvalue weighted by molar-refractivity contribution is -0.119. The van der Waals surface area contributed by atoms with Crippen LogP contribution in [0, 0.1) is 6.92 Å².